The molecule has 3 aromatic heterocycles. The summed E-state index contributed by atoms with van der Waals surface area (Å²) >= 11 is 0. The van der Waals surface area contributed by atoms with Gasteiger partial charge in [0.05, 0.1) is 18.1 Å². The minimum Gasteiger partial charge on any atom is -0.397 e. The number of aromatic nitrogens is 6. The van der Waals surface area contributed by atoms with Crippen molar-refractivity contribution in [2.75, 3.05) is 18.9 Å². The third kappa shape index (κ3) is 3.86. The predicted octanol–water partition coefficient (Wildman–Crippen LogP) is 0.437. The second-order valence-electron chi connectivity index (χ2n) is 6.26. The summed E-state index contributed by atoms with van der Waals surface area (Å²) in [6.45, 7) is 5.02. The molecule has 0 fully saturated rings. The van der Waals surface area contributed by atoms with Crippen LogP contribution in [0.15, 0.2) is 24.9 Å². The number of hydrogen-bond donors (Lipinski definition) is 5. The number of anilines is 1. The first-order valence-corrected chi connectivity index (χ1v) is 9.09. The van der Waals surface area contributed by atoms with E-state index < -0.39 is 0 Å². The van der Waals surface area contributed by atoms with Crippen LogP contribution in [0.25, 0.3) is 28.7 Å². The van der Waals surface area contributed by atoms with E-state index in [1.807, 2.05) is 0 Å². The summed E-state index contributed by atoms with van der Waals surface area (Å²) in [4.78, 5) is 9.31. The van der Waals surface area contributed by atoms with Crippen LogP contribution in [0, 0.1) is 5.41 Å². The zero-order valence-electron chi connectivity index (χ0n) is 16.3. The Hall–Kier alpha value is -3.57. The van der Waals surface area contributed by atoms with Crippen molar-refractivity contribution in [3.63, 3.8) is 0 Å². The largest absolute Gasteiger partial charge is 0.397 e. The molecule has 8 N–H and O–H groups in total. The average Bonchev–Trinajstić information content (AvgIpc) is 3.37. The third-order valence-corrected chi connectivity index (χ3v) is 4.38. The number of nitrogens with zero attached hydrogens (tertiary/aromatic N) is 6. The molecule has 29 heavy (non-hydrogen) atoms. The summed E-state index contributed by atoms with van der Waals surface area (Å²) in [5.41, 5.74) is 20.6. The molecule has 0 spiro atoms. The van der Waals surface area contributed by atoms with Gasteiger partial charge >= 0.3 is 0 Å². The number of nitrogens with one attached hydrogen (secondary N) is 2. The molecule has 0 bridgehead atoms. The minimum atomic E-state index is 0.200. The van der Waals surface area contributed by atoms with Crippen molar-refractivity contribution >= 4 is 17.6 Å². The normalized spacial score (nSPS) is 10.9. The fraction of sp³-hybridized carbons (Fsp3) is 0.278. The van der Waals surface area contributed by atoms with Gasteiger partial charge in [0.2, 0.25) is 0 Å². The molecular formula is C18H25N11. The fourth-order valence-corrected chi connectivity index (χ4v) is 2.93. The molecule has 0 aliphatic rings. The lowest BCUT2D eigenvalue weighted by atomic mass is 10.1. The molecule has 3 aromatic rings. The van der Waals surface area contributed by atoms with Gasteiger partial charge < -0.3 is 27.9 Å². The molecule has 0 atom stereocenters. The van der Waals surface area contributed by atoms with Gasteiger partial charge in [-0.1, -0.05) is 6.58 Å². The van der Waals surface area contributed by atoms with Crippen molar-refractivity contribution in [1.29, 1.82) is 5.41 Å². The van der Waals surface area contributed by atoms with Crippen LogP contribution < -0.4 is 22.5 Å². The lowest BCUT2D eigenvalue weighted by molar-refractivity contribution is 0.587. The molecule has 0 radical (unpaired) electrons. The van der Waals surface area contributed by atoms with Gasteiger partial charge in [-0.2, -0.15) is 5.10 Å². The standard InChI is InChI=1S/C18H25N11/c1-11(22)13-8-14(23-2)12(9-20)16(25-13)18-26-17(27-28(18)7-3-5-19)15-4-6-24-29(15)10-21/h4,6,8-9,20H,1,3,5,7,10,19,21-22H2,2H3,(H,23,25). The van der Waals surface area contributed by atoms with E-state index in [0.717, 1.165) is 0 Å². The first-order valence-electron chi connectivity index (χ1n) is 9.09. The maximum absolute atomic E-state index is 7.91. The Balaban J connectivity index is 2.25. The van der Waals surface area contributed by atoms with Crippen LogP contribution in [0.3, 0.4) is 0 Å². The first-order chi connectivity index (χ1) is 14.0. The van der Waals surface area contributed by atoms with Gasteiger partial charge in [0.25, 0.3) is 0 Å². The highest BCUT2D eigenvalue weighted by Gasteiger charge is 2.21. The molecule has 0 amide bonds. The van der Waals surface area contributed by atoms with Crippen LogP contribution >= 0.6 is 0 Å². The second kappa shape index (κ2) is 8.63. The van der Waals surface area contributed by atoms with Gasteiger partial charge in [-0.15, -0.1) is 5.10 Å². The molecule has 152 valence electrons. The van der Waals surface area contributed by atoms with Crippen molar-refractivity contribution in [1.82, 2.24) is 29.5 Å². The third-order valence-electron chi connectivity index (χ3n) is 4.38. The topological polar surface area (TPSA) is 175 Å². The number of pyridine rings is 1. The number of hydrogen-bond acceptors (Lipinski definition) is 9. The molecule has 11 heteroatoms. The van der Waals surface area contributed by atoms with E-state index in [9.17, 15) is 0 Å². The molecule has 0 saturated carbocycles. The highest BCUT2D eigenvalue weighted by molar-refractivity contribution is 5.94. The van der Waals surface area contributed by atoms with Gasteiger partial charge in [-0.3, -0.25) is 0 Å². The summed E-state index contributed by atoms with van der Waals surface area (Å²) in [6, 6.07) is 3.54. The molecule has 3 heterocycles. The summed E-state index contributed by atoms with van der Waals surface area (Å²) in [6.07, 6.45) is 3.57. The summed E-state index contributed by atoms with van der Waals surface area (Å²) < 4.78 is 3.34. The summed E-state index contributed by atoms with van der Waals surface area (Å²) in [7, 11) is 1.76. The van der Waals surface area contributed by atoms with Crippen LogP contribution in [-0.4, -0.2) is 49.3 Å². The second-order valence-corrected chi connectivity index (χ2v) is 6.26. The highest BCUT2D eigenvalue weighted by Crippen LogP contribution is 2.29. The van der Waals surface area contributed by atoms with Crippen LogP contribution in [0.4, 0.5) is 5.69 Å². The van der Waals surface area contributed by atoms with Gasteiger partial charge in [-0.25, -0.2) is 19.3 Å². The predicted molar refractivity (Wildman–Crippen MR) is 113 cm³/mol. The van der Waals surface area contributed by atoms with Gasteiger partial charge in [0, 0.05) is 37.3 Å². The van der Waals surface area contributed by atoms with Crippen LogP contribution in [-0.2, 0) is 13.2 Å². The lowest BCUT2D eigenvalue weighted by Gasteiger charge is -2.13. The Morgan fingerprint density at radius 2 is 2.10 bits per heavy atom. The zero-order chi connectivity index (χ0) is 21.0. The van der Waals surface area contributed by atoms with Crippen molar-refractivity contribution < 1.29 is 0 Å². The van der Waals surface area contributed by atoms with Crippen molar-refractivity contribution in [2.24, 2.45) is 17.2 Å². The molecule has 0 aliphatic carbocycles. The minimum absolute atomic E-state index is 0.200. The van der Waals surface area contributed by atoms with Crippen molar-refractivity contribution in [3.05, 3.63) is 36.2 Å². The molecule has 3 rings (SSSR count). The smallest absolute Gasteiger partial charge is 0.200 e. The Morgan fingerprint density at radius 3 is 2.72 bits per heavy atom. The zero-order valence-corrected chi connectivity index (χ0v) is 16.3. The van der Waals surface area contributed by atoms with E-state index in [1.54, 1.807) is 34.7 Å². The maximum Gasteiger partial charge on any atom is 0.200 e. The Labute approximate surface area is 168 Å². The van der Waals surface area contributed by atoms with E-state index in [2.05, 4.69) is 27.1 Å². The average molecular weight is 395 g/mol. The quantitative estimate of drug-likeness (QED) is 0.324. The molecular weight excluding hydrogens is 370 g/mol. The molecule has 0 unspecified atom stereocenters. The van der Waals surface area contributed by atoms with Crippen LogP contribution in [0.2, 0.25) is 0 Å². The van der Waals surface area contributed by atoms with E-state index in [0.29, 0.717) is 65.2 Å². The molecule has 0 aliphatic heterocycles. The monoisotopic (exact) mass is 395 g/mol. The van der Waals surface area contributed by atoms with E-state index in [-0.39, 0.29) is 6.67 Å². The summed E-state index contributed by atoms with van der Waals surface area (Å²) in [5.74, 6) is 0.956. The number of nitrogens with two attached hydrogens (primary N) is 3. The Bertz CT molecular complexity index is 1030. The maximum atomic E-state index is 7.91. The number of aryl methyl sites for hydroxylation is 1. The van der Waals surface area contributed by atoms with Crippen molar-refractivity contribution in [3.8, 4) is 23.0 Å². The van der Waals surface area contributed by atoms with Gasteiger partial charge in [0.1, 0.15) is 11.4 Å². The van der Waals surface area contributed by atoms with E-state index in [1.165, 1.54) is 6.21 Å². The SMILES string of the molecule is C=C(N)c1cc(NC)c(C=N)c(-c2nc(-c3ccnn3CN)nn2CCCN)n1. The Kier molecular flexibility index (Phi) is 6.00. The number of rotatable bonds is 9. The van der Waals surface area contributed by atoms with Gasteiger partial charge in [-0.05, 0) is 25.1 Å². The molecule has 11 nitrogen and oxygen atoms in total. The van der Waals surface area contributed by atoms with E-state index >= 15 is 0 Å². The molecule has 0 saturated heterocycles. The summed E-state index contributed by atoms with van der Waals surface area (Å²) in [5, 5.41) is 19.8. The fourth-order valence-electron chi connectivity index (χ4n) is 2.93. The van der Waals surface area contributed by atoms with E-state index in [4.69, 9.17) is 27.6 Å². The van der Waals surface area contributed by atoms with Crippen LogP contribution in [0.1, 0.15) is 17.7 Å². The first kappa shape index (κ1) is 20.2. The Morgan fingerprint density at radius 1 is 1.31 bits per heavy atom. The van der Waals surface area contributed by atoms with Gasteiger partial charge in [0.15, 0.2) is 11.6 Å². The lowest BCUT2D eigenvalue weighted by Crippen LogP contribution is -2.12. The van der Waals surface area contributed by atoms with Crippen LogP contribution in [0.5, 0.6) is 0 Å². The highest BCUT2D eigenvalue weighted by atomic mass is 15.4. The van der Waals surface area contributed by atoms with Crippen molar-refractivity contribution in [2.45, 2.75) is 19.6 Å². The molecule has 0 aromatic carbocycles.